The Hall–Kier alpha value is -1.91. The van der Waals surface area contributed by atoms with Crippen LogP contribution in [0.5, 0.6) is 0 Å². The molecule has 0 N–H and O–H groups in total. The zero-order chi connectivity index (χ0) is 11.3. The molecule has 0 saturated heterocycles. The number of rotatable bonds is 4. The molecule has 15 heavy (non-hydrogen) atoms. The van der Waals surface area contributed by atoms with Crippen molar-refractivity contribution in [3.8, 4) is 0 Å². The molecule has 0 saturated carbocycles. The van der Waals surface area contributed by atoms with Crippen LogP contribution < -0.4 is 5.01 Å². The minimum absolute atomic E-state index is 0.501. The number of hydrogen-bond donors (Lipinski definition) is 0. The van der Waals surface area contributed by atoms with Gasteiger partial charge in [0.15, 0.2) is 6.04 Å². The number of carbonyl (C=O) groups excluding carboxylic acids is 1. The van der Waals surface area contributed by atoms with Gasteiger partial charge in [-0.2, -0.15) is 0 Å². The van der Waals surface area contributed by atoms with Gasteiger partial charge in [-0.1, -0.05) is 18.2 Å². The van der Waals surface area contributed by atoms with Crippen molar-refractivity contribution in [2.24, 2.45) is 5.29 Å². The molecule has 1 aromatic rings. The van der Waals surface area contributed by atoms with E-state index in [9.17, 15) is 9.70 Å². The molecule has 0 radical (unpaired) electrons. The molecule has 5 heteroatoms. The van der Waals surface area contributed by atoms with E-state index in [1.165, 1.54) is 7.11 Å². The molecule has 1 atom stereocenters. The summed E-state index contributed by atoms with van der Waals surface area (Å²) in [5.74, 6) is -0.501. The summed E-state index contributed by atoms with van der Waals surface area (Å²) in [5, 5.41) is 3.88. The number of carbonyl (C=O) groups is 1. The number of hydrogen-bond acceptors (Lipinski definition) is 4. The van der Waals surface area contributed by atoms with Crippen LogP contribution in [0.25, 0.3) is 0 Å². The number of nitroso groups, excluding NO2 is 1. The van der Waals surface area contributed by atoms with Crippen molar-refractivity contribution in [1.82, 2.24) is 0 Å². The lowest BCUT2D eigenvalue weighted by Crippen LogP contribution is -2.35. The first-order chi connectivity index (χ1) is 7.20. The fraction of sp³-hybridized carbons (Fsp3) is 0.300. The lowest BCUT2D eigenvalue weighted by molar-refractivity contribution is -0.141. The number of esters is 1. The molecule has 0 aliphatic carbocycles. The third kappa shape index (κ3) is 2.52. The second-order valence-corrected chi connectivity index (χ2v) is 2.96. The van der Waals surface area contributed by atoms with Crippen molar-refractivity contribution in [3.63, 3.8) is 0 Å². The molecule has 0 unspecified atom stereocenters. The zero-order valence-corrected chi connectivity index (χ0v) is 8.58. The van der Waals surface area contributed by atoms with Gasteiger partial charge in [-0.05, 0) is 19.1 Å². The Morgan fingerprint density at radius 3 is 2.47 bits per heavy atom. The summed E-state index contributed by atoms with van der Waals surface area (Å²) in [5.41, 5.74) is 0.561. The van der Waals surface area contributed by atoms with Gasteiger partial charge in [0.05, 0.1) is 18.1 Å². The number of benzene rings is 1. The summed E-state index contributed by atoms with van der Waals surface area (Å²) in [4.78, 5) is 21.9. The molecule has 5 nitrogen and oxygen atoms in total. The number of methoxy groups -OCH3 is 1. The lowest BCUT2D eigenvalue weighted by Gasteiger charge is -2.20. The number of ether oxygens (including phenoxy) is 1. The normalized spacial score (nSPS) is 11.6. The first kappa shape index (κ1) is 11.2. The predicted molar refractivity (Wildman–Crippen MR) is 56.2 cm³/mol. The highest BCUT2D eigenvalue weighted by Gasteiger charge is 2.23. The van der Waals surface area contributed by atoms with Crippen molar-refractivity contribution in [2.45, 2.75) is 13.0 Å². The number of nitrogens with zero attached hydrogens (tertiary/aromatic N) is 2. The SMILES string of the molecule is COC(=O)[C@H](C)N(N=O)c1ccccc1. The third-order valence-corrected chi connectivity index (χ3v) is 2.02. The maximum absolute atomic E-state index is 11.2. The maximum Gasteiger partial charge on any atom is 0.330 e. The van der Waals surface area contributed by atoms with Gasteiger partial charge in [-0.25, -0.2) is 9.80 Å². The van der Waals surface area contributed by atoms with Crippen LogP contribution >= 0.6 is 0 Å². The van der Waals surface area contributed by atoms with E-state index in [1.54, 1.807) is 31.2 Å². The Morgan fingerprint density at radius 1 is 1.40 bits per heavy atom. The highest BCUT2D eigenvalue weighted by atomic mass is 16.5. The maximum atomic E-state index is 11.2. The van der Waals surface area contributed by atoms with Crippen molar-refractivity contribution in [3.05, 3.63) is 35.2 Å². The Balaban J connectivity index is 2.89. The van der Waals surface area contributed by atoms with E-state index in [1.807, 2.05) is 6.07 Å². The summed E-state index contributed by atoms with van der Waals surface area (Å²) in [6.45, 7) is 1.56. The minimum atomic E-state index is -0.727. The Bertz CT molecular complexity index is 340. The molecule has 0 amide bonds. The van der Waals surface area contributed by atoms with Crippen LogP contribution in [0.2, 0.25) is 0 Å². The predicted octanol–water partition coefficient (Wildman–Crippen LogP) is 1.74. The average Bonchev–Trinajstić information content (AvgIpc) is 2.30. The molecular formula is C10H12N2O3. The van der Waals surface area contributed by atoms with Gasteiger partial charge in [-0.3, -0.25) is 0 Å². The van der Waals surface area contributed by atoms with Gasteiger partial charge < -0.3 is 4.74 Å². The van der Waals surface area contributed by atoms with Gasteiger partial charge in [-0.15, -0.1) is 4.91 Å². The molecule has 0 bridgehead atoms. The fourth-order valence-corrected chi connectivity index (χ4v) is 1.19. The molecular weight excluding hydrogens is 196 g/mol. The third-order valence-electron chi connectivity index (χ3n) is 2.02. The molecule has 0 aliphatic rings. The van der Waals surface area contributed by atoms with E-state index >= 15 is 0 Å². The van der Waals surface area contributed by atoms with E-state index in [0.717, 1.165) is 5.01 Å². The van der Waals surface area contributed by atoms with Crippen LogP contribution in [0.4, 0.5) is 5.69 Å². The van der Waals surface area contributed by atoms with Crippen molar-refractivity contribution >= 4 is 11.7 Å². The first-order valence-corrected chi connectivity index (χ1v) is 4.46. The molecule has 0 heterocycles. The second-order valence-electron chi connectivity index (χ2n) is 2.96. The van der Waals surface area contributed by atoms with Gasteiger partial charge in [0, 0.05) is 0 Å². The molecule has 80 valence electrons. The zero-order valence-electron chi connectivity index (χ0n) is 8.58. The quantitative estimate of drug-likeness (QED) is 0.429. The van der Waals surface area contributed by atoms with Crippen molar-refractivity contribution < 1.29 is 9.53 Å². The standard InChI is InChI=1S/C10H12N2O3/c1-8(10(13)15-2)12(11-14)9-6-4-3-5-7-9/h3-8H,1-2H3/t8-/m0/s1. The van der Waals surface area contributed by atoms with Gasteiger partial charge in [0.25, 0.3) is 0 Å². The summed E-state index contributed by atoms with van der Waals surface area (Å²) in [7, 11) is 1.27. The van der Waals surface area contributed by atoms with E-state index in [2.05, 4.69) is 10.0 Å². The first-order valence-electron chi connectivity index (χ1n) is 4.46. The van der Waals surface area contributed by atoms with Crippen LogP contribution in [-0.2, 0) is 9.53 Å². The van der Waals surface area contributed by atoms with E-state index in [4.69, 9.17) is 0 Å². The molecule has 0 aromatic heterocycles. The highest BCUT2D eigenvalue weighted by Crippen LogP contribution is 2.17. The largest absolute Gasteiger partial charge is 0.467 e. The lowest BCUT2D eigenvalue weighted by atomic mass is 10.2. The fourth-order valence-electron chi connectivity index (χ4n) is 1.19. The van der Waals surface area contributed by atoms with Crippen LogP contribution in [0.15, 0.2) is 35.6 Å². The number of para-hydroxylation sites is 1. The second kappa shape index (κ2) is 5.09. The molecule has 0 fully saturated rings. The Labute approximate surface area is 87.6 Å². The van der Waals surface area contributed by atoms with E-state index < -0.39 is 12.0 Å². The highest BCUT2D eigenvalue weighted by molar-refractivity contribution is 5.79. The molecule has 1 rings (SSSR count). The molecule has 0 aliphatic heterocycles. The van der Waals surface area contributed by atoms with Crippen LogP contribution in [0.1, 0.15) is 6.92 Å². The summed E-state index contributed by atoms with van der Waals surface area (Å²) >= 11 is 0. The summed E-state index contributed by atoms with van der Waals surface area (Å²) < 4.78 is 4.54. The van der Waals surface area contributed by atoms with E-state index in [-0.39, 0.29) is 0 Å². The van der Waals surface area contributed by atoms with Crippen LogP contribution in [-0.4, -0.2) is 19.1 Å². The molecule has 1 aromatic carbocycles. The Kier molecular flexibility index (Phi) is 3.79. The average molecular weight is 208 g/mol. The monoisotopic (exact) mass is 208 g/mol. The van der Waals surface area contributed by atoms with Crippen LogP contribution in [0, 0.1) is 4.91 Å². The number of anilines is 1. The van der Waals surface area contributed by atoms with E-state index in [0.29, 0.717) is 5.69 Å². The topological polar surface area (TPSA) is 59.0 Å². The van der Waals surface area contributed by atoms with Gasteiger partial charge >= 0.3 is 5.97 Å². The minimum Gasteiger partial charge on any atom is -0.467 e. The van der Waals surface area contributed by atoms with Crippen molar-refractivity contribution in [1.29, 1.82) is 0 Å². The smallest absolute Gasteiger partial charge is 0.330 e. The molecule has 0 spiro atoms. The summed E-state index contributed by atoms with van der Waals surface area (Å²) in [6.07, 6.45) is 0. The van der Waals surface area contributed by atoms with Crippen LogP contribution in [0.3, 0.4) is 0 Å². The van der Waals surface area contributed by atoms with Gasteiger partial charge in [0.2, 0.25) is 0 Å². The van der Waals surface area contributed by atoms with Crippen molar-refractivity contribution in [2.75, 3.05) is 12.1 Å². The Morgan fingerprint density at radius 2 is 2.00 bits per heavy atom. The van der Waals surface area contributed by atoms with Gasteiger partial charge in [0.1, 0.15) is 0 Å². The summed E-state index contributed by atoms with van der Waals surface area (Å²) in [6, 6.07) is 8.00.